The number of phenols is 1. The lowest BCUT2D eigenvalue weighted by atomic mass is 9.97. The fourth-order valence-corrected chi connectivity index (χ4v) is 2.84. The van der Waals surface area contributed by atoms with E-state index in [2.05, 4.69) is 5.32 Å². The quantitative estimate of drug-likeness (QED) is 0.501. The van der Waals surface area contributed by atoms with Crippen molar-refractivity contribution in [3.8, 4) is 11.5 Å². The van der Waals surface area contributed by atoms with Gasteiger partial charge in [-0.2, -0.15) is 13.2 Å². The third-order valence-electron chi connectivity index (χ3n) is 4.39. The maximum atomic E-state index is 13.5. The zero-order chi connectivity index (χ0) is 21.8. The monoisotopic (exact) mass is 409 g/mol. The first kappa shape index (κ1) is 22.3. The number of rotatable bonds is 8. The van der Waals surface area contributed by atoms with Crippen molar-refractivity contribution in [2.75, 3.05) is 0 Å². The molecule has 0 saturated heterocycles. The Bertz CT molecular complexity index is 908. The summed E-state index contributed by atoms with van der Waals surface area (Å²) in [5, 5.41) is 12.7. The normalized spacial score (nSPS) is 11.4. The van der Waals surface area contributed by atoms with Crippen molar-refractivity contribution in [3.05, 3.63) is 58.1 Å². The number of carbonyl (C=O) groups is 2. The highest BCUT2D eigenvalue weighted by molar-refractivity contribution is 6.00. The molecule has 0 radical (unpaired) electrons. The van der Waals surface area contributed by atoms with Crippen LogP contribution >= 0.6 is 0 Å². The number of carbonyl (C=O) groups excluding carboxylic acids is 2. The minimum atomic E-state index is -4.90. The lowest BCUT2D eigenvalue weighted by Gasteiger charge is -2.18. The number of benzene rings is 2. The largest absolute Gasteiger partial charge is 0.506 e. The molecule has 0 spiro atoms. The summed E-state index contributed by atoms with van der Waals surface area (Å²) in [6.07, 6.45) is -4.32. The van der Waals surface area contributed by atoms with E-state index in [-0.39, 0.29) is 12.2 Å². The molecule has 1 amide bonds. The predicted octanol–water partition coefficient (Wildman–Crippen LogP) is 4.38. The zero-order valence-electron chi connectivity index (χ0n) is 16.3. The van der Waals surface area contributed by atoms with Gasteiger partial charge in [0.1, 0.15) is 23.7 Å². The highest BCUT2D eigenvalue weighted by Gasteiger charge is 2.39. The van der Waals surface area contributed by atoms with Gasteiger partial charge in [0.2, 0.25) is 6.41 Å². The van der Waals surface area contributed by atoms with Crippen LogP contribution < -0.4 is 10.1 Å². The van der Waals surface area contributed by atoms with E-state index in [1.54, 1.807) is 18.2 Å². The van der Waals surface area contributed by atoms with Crippen LogP contribution in [0.1, 0.15) is 46.5 Å². The first-order valence-corrected chi connectivity index (χ1v) is 8.91. The number of ether oxygens (including phenoxy) is 1. The number of aryl methyl sites for hydroxylation is 1. The Labute approximate surface area is 166 Å². The van der Waals surface area contributed by atoms with Gasteiger partial charge in [0.25, 0.3) is 0 Å². The highest BCUT2D eigenvalue weighted by atomic mass is 19.4. The van der Waals surface area contributed by atoms with Crippen molar-refractivity contribution in [2.24, 2.45) is 5.92 Å². The van der Waals surface area contributed by atoms with Gasteiger partial charge in [-0.05, 0) is 35.7 Å². The summed E-state index contributed by atoms with van der Waals surface area (Å²) in [7, 11) is 0. The average Bonchev–Trinajstić information content (AvgIpc) is 2.64. The maximum Gasteiger partial charge on any atom is 0.423 e. The molecular formula is C21H22F3NO4. The molecule has 0 aromatic heterocycles. The third kappa shape index (κ3) is 5.28. The molecule has 0 aliphatic carbocycles. The van der Waals surface area contributed by atoms with Crippen LogP contribution in [0, 0.1) is 12.8 Å². The molecule has 2 aromatic rings. The van der Waals surface area contributed by atoms with E-state index in [1.165, 1.54) is 13.8 Å². The molecular weight excluding hydrogens is 387 g/mol. The van der Waals surface area contributed by atoms with Gasteiger partial charge in [-0.15, -0.1) is 0 Å². The molecule has 0 aliphatic heterocycles. The van der Waals surface area contributed by atoms with Crippen LogP contribution in [-0.2, 0) is 24.1 Å². The van der Waals surface area contributed by atoms with E-state index in [0.29, 0.717) is 18.5 Å². The van der Waals surface area contributed by atoms with E-state index in [0.717, 1.165) is 23.3 Å². The molecule has 0 saturated carbocycles. The Morgan fingerprint density at radius 1 is 1.24 bits per heavy atom. The minimum absolute atomic E-state index is 0.164. The summed E-state index contributed by atoms with van der Waals surface area (Å²) in [5.41, 5.74) is 0.575. The fourth-order valence-electron chi connectivity index (χ4n) is 2.84. The molecule has 5 nitrogen and oxygen atoms in total. The lowest BCUT2D eigenvalue weighted by molar-refractivity contribution is -0.140. The van der Waals surface area contributed by atoms with Gasteiger partial charge >= 0.3 is 6.18 Å². The number of amides is 1. The second-order valence-corrected chi connectivity index (χ2v) is 6.90. The Balaban J connectivity index is 2.31. The van der Waals surface area contributed by atoms with Crippen LogP contribution in [0.2, 0.25) is 0 Å². The van der Waals surface area contributed by atoms with Crippen LogP contribution in [0.25, 0.3) is 0 Å². The summed E-state index contributed by atoms with van der Waals surface area (Å²) in [5.74, 6) is -2.83. The number of alkyl halides is 3. The SMILES string of the molecule is Cc1cc(COc2ccc(C(=O)C(C)C)c(O)c2C(F)(F)F)ccc1CNC=O. The standard InChI is InChI=1S/C21H22F3NO4/c1-12(2)19(27)16-6-7-17(18(20(16)28)21(22,23)24)29-10-14-4-5-15(9-25-11-26)13(3)8-14/h4-8,11-12,28H,9-10H2,1-3H3,(H,25,26). The maximum absolute atomic E-state index is 13.5. The molecule has 2 N–H and O–H groups in total. The van der Waals surface area contributed by atoms with Gasteiger partial charge in [-0.1, -0.05) is 32.0 Å². The van der Waals surface area contributed by atoms with Gasteiger partial charge in [-0.25, -0.2) is 0 Å². The number of hydrogen-bond acceptors (Lipinski definition) is 4. The second-order valence-electron chi connectivity index (χ2n) is 6.90. The van der Waals surface area contributed by atoms with Crippen LogP contribution in [0.4, 0.5) is 13.2 Å². The third-order valence-corrected chi connectivity index (χ3v) is 4.39. The summed E-state index contributed by atoms with van der Waals surface area (Å²) in [4.78, 5) is 22.5. The number of Topliss-reactive ketones (excluding diaryl/α,β-unsaturated/α-hetero) is 1. The summed E-state index contributed by atoms with van der Waals surface area (Å²) in [6.45, 7) is 5.06. The van der Waals surface area contributed by atoms with E-state index < -0.39 is 34.9 Å². The Hall–Kier alpha value is -3.03. The minimum Gasteiger partial charge on any atom is -0.506 e. The highest BCUT2D eigenvalue weighted by Crippen LogP contribution is 2.44. The van der Waals surface area contributed by atoms with E-state index in [1.807, 2.05) is 6.92 Å². The predicted molar refractivity (Wildman–Crippen MR) is 101 cm³/mol. The molecule has 0 aliphatic rings. The number of phenolic OH excluding ortho intramolecular Hbond substituents is 1. The topological polar surface area (TPSA) is 75.6 Å². The van der Waals surface area contributed by atoms with Gasteiger partial charge in [-0.3, -0.25) is 9.59 Å². The van der Waals surface area contributed by atoms with Crippen LogP contribution in [-0.4, -0.2) is 17.3 Å². The summed E-state index contributed by atoms with van der Waals surface area (Å²) < 4.78 is 45.9. The number of halogens is 3. The van der Waals surface area contributed by atoms with Crippen LogP contribution in [0.5, 0.6) is 11.5 Å². The average molecular weight is 409 g/mol. The summed E-state index contributed by atoms with van der Waals surface area (Å²) >= 11 is 0. The molecule has 2 aromatic carbocycles. The Kier molecular flexibility index (Phi) is 6.89. The van der Waals surface area contributed by atoms with Crippen molar-refractivity contribution in [2.45, 2.75) is 40.1 Å². The number of nitrogens with one attached hydrogen (secondary N) is 1. The Morgan fingerprint density at radius 3 is 2.48 bits per heavy atom. The van der Waals surface area contributed by atoms with Gasteiger partial charge in [0.05, 0.1) is 5.56 Å². The molecule has 156 valence electrons. The zero-order valence-corrected chi connectivity index (χ0v) is 16.3. The fraction of sp³-hybridized carbons (Fsp3) is 0.333. The van der Waals surface area contributed by atoms with Crippen LogP contribution in [0.3, 0.4) is 0 Å². The van der Waals surface area contributed by atoms with Crippen molar-refractivity contribution in [1.29, 1.82) is 0 Å². The lowest BCUT2D eigenvalue weighted by Crippen LogP contribution is -2.14. The smallest absolute Gasteiger partial charge is 0.423 e. The van der Waals surface area contributed by atoms with Crippen molar-refractivity contribution in [1.82, 2.24) is 5.32 Å². The molecule has 8 heteroatoms. The molecule has 0 unspecified atom stereocenters. The van der Waals surface area contributed by atoms with Gasteiger partial charge in [0, 0.05) is 12.5 Å². The molecule has 0 fully saturated rings. The second kappa shape index (κ2) is 8.98. The Morgan fingerprint density at radius 2 is 1.93 bits per heavy atom. The number of ketones is 1. The first-order chi connectivity index (χ1) is 13.6. The summed E-state index contributed by atoms with van der Waals surface area (Å²) in [6, 6.07) is 7.36. The van der Waals surface area contributed by atoms with E-state index in [4.69, 9.17) is 4.74 Å². The van der Waals surface area contributed by atoms with E-state index >= 15 is 0 Å². The molecule has 2 rings (SSSR count). The molecule has 29 heavy (non-hydrogen) atoms. The van der Waals surface area contributed by atoms with Gasteiger partial charge in [0.15, 0.2) is 5.78 Å². The van der Waals surface area contributed by atoms with E-state index in [9.17, 15) is 27.9 Å². The van der Waals surface area contributed by atoms with Crippen LogP contribution in [0.15, 0.2) is 30.3 Å². The first-order valence-electron chi connectivity index (χ1n) is 8.91. The van der Waals surface area contributed by atoms with Crippen molar-refractivity contribution >= 4 is 12.2 Å². The van der Waals surface area contributed by atoms with Crippen molar-refractivity contribution in [3.63, 3.8) is 0 Å². The molecule has 0 atom stereocenters. The number of aromatic hydroxyl groups is 1. The molecule has 0 bridgehead atoms. The molecule has 0 heterocycles. The van der Waals surface area contributed by atoms with Crippen molar-refractivity contribution < 1.29 is 32.6 Å². The number of hydrogen-bond donors (Lipinski definition) is 2. The van der Waals surface area contributed by atoms with Gasteiger partial charge < -0.3 is 15.2 Å².